The van der Waals surface area contributed by atoms with Crippen molar-refractivity contribution in [3.8, 4) is 22.6 Å². The molecule has 0 aliphatic heterocycles. The molecule has 0 N–H and O–H groups in total. The van der Waals surface area contributed by atoms with Crippen LogP contribution in [0.5, 0.6) is 11.5 Å². The van der Waals surface area contributed by atoms with Gasteiger partial charge in [0.05, 0.1) is 6.67 Å². The maximum absolute atomic E-state index is 14.9. The van der Waals surface area contributed by atoms with E-state index in [1.807, 2.05) is 6.08 Å². The van der Waals surface area contributed by atoms with Crippen LogP contribution in [0.15, 0.2) is 60.7 Å². The molecule has 0 amide bonds. The van der Waals surface area contributed by atoms with Crippen molar-refractivity contribution in [2.24, 2.45) is 5.92 Å². The van der Waals surface area contributed by atoms with E-state index in [0.717, 1.165) is 36.4 Å². The maximum atomic E-state index is 14.9. The molecule has 1 aliphatic carbocycles. The number of hydrogen-bond donors (Lipinski definition) is 0. The summed E-state index contributed by atoms with van der Waals surface area (Å²) in [6.45, 7) is -3.73. The molecule has 220 valence electrons. The molecule has 0 atom stereocenters. The summed E-state index contributed by atoms with van der Waals surface area (Å²) in [5.74, 6) is -6.95. The van der Waals surface area contributed by atoms with Gasteiger partial charge in [0.15, 0.2) is 11.6 Å². The van der Waals surface area contributed by atoms with Crippen LogP contribution in [-0.4, -0.2) is 13.3 Å². The van der Waals surface area contributed by atoms with E-state index in [4.69, 9.17) is 0 Å². The summed E-state index contributed by atoms with van der Waals surface area (Å²) in [7, 11) is 0. The summed E-state index contributed by atoms with van der Waals surface area (Å²) < 4.78 is 134. The summed E-state index contributed by atoms with van der Waals surface area (Å²) >= 11 is 0. The van der Waals surface area contributed by atoms with Crippen LogP contribution in [0.1, 0.15) is 49.1 Å². The van der Waals surface area contributed by atoms with Crippen LogP contribution in [0, 0.1) is 29.2 Å². The fourth-order valence-electron chi connectivity index (χ4n) is 4.96. The second-order valence-corrected chi connectivity index (χ2v) is 9.66. The van der Waals surface area contributed by atoms with Gasteiger partial charge in [0, 0.05) is 11.6 Å². The van der Waals surface area contributed by atoms with Gasteiger partial charge in [0.2, 0.25) is 0 Å². The number of alkyl halides is 5. The van der Waals surface area contributed by atoms with E-state index in [1.165, 1.54) is 0 Å². The van der Waals surface area contributed by atoms with Crippen LogP contribution in [0.4, 0.5) is 39.5 Å². The van der Waals surface area contributed by atoms with Crippen molar-refractivity contribution in [2.75, 3.05) is 6.67 Å². The normalized spacial score (nSPS) is 17.8. The van der Waals surface area contributed by atoms with Crippen molar-refractivity contribution in [2.45, 2.75) is 50.7 Å². The Morgan fingerprint density at radius 2 is 1.51 bits per heavy atom. The lowest BCUT2D eigenvalue weighted by molar-refractivity contribution is -0.189. The molecule has 1 fully saturated rings. The SMILES string of the molecule is FCCC=CC1CCC(c2cc(F)c(C(F)(F)Oc3ccc(-c4ccc(OC(F)F)c(F)c4)c(F)c3)c(F)c2)CC1. The number of benzene rings is 3. The topological polar surface area (TPSA) is 18.5 Å². The monoisotopic (exact) mass is 588 g/mol. The molecule has 3 aromatic rings. The molecule has 0 aromatic heterocycles. The van der Waals surface area contributed by atoms with Crippen molar-refractivity contribution in [1.29, 1.82) is 0 Å². The Morgan fingerprint density at radius 1 is 0.829 bits per heavy atom. The van der Waals surface area contributed by atoms with Gasteiger partial charge < -0.3 is 9.47 Å². The molecule has 0 heterocycles. The first-order valence-electron chi connectivity index (χ1n) is 12.8. The van der Waals surface area contributed by atoms with Gasteiger partial charge in [-0.2, -0.15) is 17.6 Å². The smallest absolute Gasteiger partial charge is 0.432 e. The predicted octanol–water partition coefficient (Wildman–Crippen LogP) is 9.83. The van der Waals surface area contributed by atoms with Crippen LogP contribution >= 0.6 is 0 Å². The molecule has 11 heteroatoms. The van der Waals surface area contributed by atoms with Crippen molar-refractivity contribution in [3.05, 3.63) is 95.1 Å². The second kappa shape index (κ2) is 12.9. The third kappa shape index (κ3) is 7.37. The van der Waals surface area contributed by atoms with E-state index in [9.17, 15) is 39.5 Å². The van der Waals surface area contributed by atoms with Crippen molar-refractivity contribution < 1.29 is 49.0 Å². The average molecular weight is 589 g/mol. The van der Waals surface area contributed by atoms with E-state index in [0.29, 0.717) is 44.2 Å². The molecular weight excluding hydrogens is 563 g/mol. The summed E-state index contributed by atoms with van der Waals surface area (Å²) in [4.78, 5) is 0. The van der Waals surface area contributed by atoms with Crippen molar-refractivity contribution in [1.82, 2.24) is 0 Å². The minimum absolute atomic E-state index is 0.114. The standard InChI is InChI=1S/C30H25F9O2/c31-12-2-1-3-17-4-6-18(7-5-17)20-14-25(34)28(26(35)15-20)30(38,39)41-21-9-10-22(23(32)16-21)19-8-11-27(24(33)13-19)40-29(36)37/h1,3,8-11,13-18,29H,2,4-7,12H2. The molecule has 2 nitrogen and oxygen atoms in total. The number of ether oxygens (including phenoxy) is 2. The molecule has 41 heavy (non-hydrogen) atoms. The van der Waals surface area contributed by atoms with Crippen molar-refractivity contribution >= 4 is 0 Å². The molecule has 0 unspecified atom stereocenters. The lowest BCUT2D eigenvalue weighted by Crippen LogP contribution is -2.25. The highest BCUT2D eigenvalue weighted by atomic mass is 19.3. The minimum Gasteiger partial charge on any atom is -0.432 e. The number of hydrogen-bond acceptors (Lipinski definition) is 2. The first kappa shape index (κ1) is 30.3. The highest BCUT2D eigenvalue weighted by Crippen LogP contribution is 2.41. The molecule has 3 aromatic carbocycles. The Bertz CT molecular complexity index is 1360. The fraction of sp³-hybridized carbons (Fsp3) is 0.333. The fourth-order valence-corrected chi connectivity index (χ4v) is 4.96. The molecule has 0 saturated heterocycles. The highest BCUT2D eigenvalue weighted by molar-refractivity contribution is 5.66. The second-order valence-electron chi connectivity index (χ2n) is 9.66. The van der Waals surface area contributed by atoms with E-state index in [-0.39, 0.29) is 28.5 Å². The van der Waals surface area contributed by atoms with Gasteiger partial charge in [0.1, 0.15) is 28.8 Å². The predicted molar refractivity (Wildman–Crippen MR) is 134 cm³/mol. The van der Waals surface area contributed by atoms with Crippen LogP contribution in [-0.2, 0) is 6.11 Å². The molecule has 1 aliphatic rings. The molecule has 1 saturated carbocycles. The molecule has 0 bridgehead atoms. The van der Waals surface area contributed by atoms with Crippen molar-refractivity contribution in [3.63, 3.8) is 0 Å². The van der Waals surface area contributed by atoms with E-state index < -0.39 is 59.7 Å². The number of halogens is 9. The molecule has 0 radical (unpaired) electrons. The van der Waals surface area contributed by atoms with Crippen LogP contribution < -0.4 is 9.47 Å². The van der Waals surface area contributed by atoms with E-state index in [2.05, 4.69) is 9.47 Å². The summed E-state index contributed by atoms with van der Waals surface area (Å²) in [6, 6.07) is 6.71. The lowest BCUT2D eigenvalue weighted by Gasteiger charge is -2.28. The lowest BCUT2D eigenvalue weighted by atomic mass is 9.78. The summed E-state index contributed by atoms with van der Waals surface area (Å²) in [5.41, 5.74) is -1.79. The zero-order valence-corrected chi connectivity index (χ0v) is 21.5. The van der Waals surface area contributed by atoms with Gasteiger partial charge >= 0.3 is 12.7 Å². The van der Waals surface area contributed by atoms with E-state index >= 15 is 0 Å². The summed E-state index contributed by atoms with van der Waals surface area (Å²) in [5, 5.41) is 0. The Labute approximate surface area is 230 Å². The highest BCUT2D eigenvalue weighted by Gasteiger charge is 2.41. The van der Waals surface area contributed by atoms with Gasteiger partial charge in [-0.1, -0.05) is 18.2 Å². The largest absolute Gasteiger partial charge is 0.432 e. The van der Waals surface area contributed by atoms with Crippen LogP contribution in [0.3, 0.4) is 0 Å². The Hall–Kier alpha value is -3.63. The van der Waals surface area contributed by atoms with Gasteiger partial charge in [-0.3, -0.25) is 4.39 Å². The Balaban J connectivity index is 1.48. The first-order valence-corrected chi connectivity index (χ1v) is 12.8. The van der Waals surface area contributed by atoms with E-state index in [1.54, 1.807) is 6.08 Å². The zero-order chi connectivity index (χ0) is 29.7. The number of rotatable bonds is 10. The Kier molecular flexibility index (Phi) is 9.55. The van der Waals surface area contributed by atoms with Gasteiger partial charge in [-0.05, 0) is 91.5 Å². The molecular formula is C30H25F9O2. The van der Waals surface area contributed by atoms with Gasteiger partial charge in [-0.25, -0.2) is 17.6 Å². The minimum atomic E-state index is -4.51. The molecule has 0 spiro atoms. The molecule has 4 rings (SSSR count). The Morgan fingerprint density at radius 3 is 2.10 bits per heavy atom. The average Bonchev–Trinajstić information content (AvgIpc) is 2.89. The quantitative estimate of drug-likeness (QED) is 0.173. The van der Waals surface area contributed by atoms with Gasteiger partial charge in [0.25, 0.3) is 0 Å². The number of allylic oxidation sites excluding steroid dienone is 2. The third-order valence-electron chi connectivity index (χ3n) is 6.93. The first-order chi connectivity index (χ1) is 19.5. The third-order valence-corrected chi connectivity index (χ3v) is 6.93. The summed E-state index contributed by atoms with van der Waals surface area (Å²) in [6.07, 6.45) is 2.05. The maximum Gasteiger partial charge on any atom is 0.432 e. The zero-order valence-electron chi connectivity index (χ0n) is 21.5. The van der Waals surface area contributed by atoms with Crippen LogP contribution in [0.2, 0.25) is 0 Å². The van der Waals surface area contributed by atoms with Crippen LogP contribution in [0.25, 0.3) is 11.1 Å². The van der Waals surface area contributed by atoms with Gasteiger partial charge in [-0.15, -0.1) is 0 Å².